The highest BCUT2D eigenvalue weighted by molar-refractivity contribution is 5.87. The third-order valence-corrected chi connectivity index (χ3v) is 4.63. The van der Waals surface area contributed by atoms with Gasteiger partial charge < -0.3 is 14.8 Å². The van der Waals surface area contributed by atoms with E-state index >= 15 is 0 Å². The fraction of sp³-hybridized carbons (Fsp3) is 0.471. The maximum Gasteiger partial charge on any atom is 0.231 e. The largest absolute Gasteiger partial charge is 0.355 e. The Labute approximate surface area is 134 Å². The molecule has 1 aromatic carbocycles. The van der Waals surface area contributed by atoms with Gasteiger partial charge in [0.1, 0.15) is 11.6 Å². The fourth-order valence-electron chi connectivity index (χ4n) is 3.11. The van der Waals surface area contributed by atoms with Gasteiger partial charge in [-0.15, -0.1) is 0 Å². The number of hydrogen-bond donors (Lipinski definition) is 1. The molecule has 1 amide bonds. The lowest BCUT2D eigenvalue weighted by Gasteiger charge is -2.35. The van der Waals surface area contributed by atoms with E-state index in [1.165, 1.54) is 6.07 Å². The highest BCUT2D eigenvalue weighted by Gasteiger charge is 2.26. The molecule has 3 rings (SSSR count). The number of carbonyl (C=O) groups is 1. The van der Waals surface area contributed by atoms with Gasteiger partial charge in [0.05, 0.1) is 11.4 Å². The van der Waals surface area contributed by atoms with Crippen molar-refractivity contribution in [3.8, 4) is 0 Å². The van der Waals surface area contributed by atoms with E-state index in [0.717, 1.165) is 25.7 Å². The zero-order chi connectivity index (χ0) is 16.6. The first kappa shape index (κ1) is 15.9. The Kier molecular flexibility index (Phi) is 4.35. The molecule has 2 heterocycles. The van der Waals surface area contributed by atoms with Crippen molar-refractivity contribution in [1.29, 1.82) is 0 Å². The Balaban J connectivity index is 1.79. The molecule has 0 bridgehead atoms. The third-order valence-electron chi connectivity index (χ3n) is 4.63. The molecule has 0 saturated carbocycles. The van der Waals surface area contributed by atoms with Crippen molar-refractivity contribution in [2.75, 3.05) is 32.7 Å². The van der Waals surface area contributed by atoms with Crippen LogP contribution in [0.3, 0.4) is 0 Å². The lowest BCUT2D eigenvalue weighted by atomic mass is 10.1. The predicted molar refractivity (Wildman–Crippen MR) is 85.3 cm³/mol. The molecule has 1 aliphatic rings. The summed E-state index contributed by atoms with van der Waals surface area (Å²) in [6, 6.07) is 3.78. The maximum atomic E-state index is 13.8. The summed E-state index contributed by atoms with van der Waals surface area (Å²) in [7, 11) is 0. The molecule has 0 radical (unpaired) electrons. The van der Waals surface area contributed by atoms with Gasteiger partial charge in [-0.1, -0.05) is 6.92 Å². The number of benzene rings is 1. The van der Waals surface area contributed by atoms with Crippen LogP contribution in [0.15, 0.2) is 18.2 Å². The minimum absolute atomic E-state index is 0.0215. The second-order valence-corrected chi connectivity index (χ2v) is 6.06. The standard InChI is InChI=1S/C17H21F2N3O/c1-3-21-4-6-22(7-5-21)17(23)11(2)15-9-12-8-13(18)10-14(19)16(12)20-15/h8-11,20H,3-7H2,1-2H3. The summed E-state index contributed by atoms with van der Waals surface area (Å²) in [5.41, 5.74) is 0.865. The third kappa shape index (κ3) is 3.08. The molecule has 0 aliphatic carbocycles. The van der Waals surface area contributed by atoms with Crippen molar-refractivity contribution in [3.05, 3.63) is 35.5 Å². The summed E-state index contributed by atoms with van der Waals surface area (Å²) < 4.78 is 27.1. The average Bonchev–Trinajstić information content (AvgIpc) is 2.98. The number of nitrogens with one attached hydrogen (secondary N) is 1. The number of hydrogen-bond acceptors (Lipinski definition) is 2. The van der Waals surface area contributed by atoms with Gasteiger partial charge in [-0.3, -0.25) is 4.79 Å². The van der Waals surface area contributed by atoms with Crippen LogP contribution in [0.25, 0.3) is 10.9 Å². The molecule has 6 heteroatoms. The van der Waals surface area contributed by atoms with E-state index < -0.39 is 17.6 Å². The van der Waals surface area contributed by atoms with Crippen molar-refractivity contribution >= 4 is 16.8 Å². The van der Waals surface area contributed by atoms with E-state index in [1.54, 1.807) is 13.0 Å². The summed E-state index contributed by atoms with van der Waals surface area (Å²) in [5, 5.41) is 0.452. The Hall–Kier alpha value is -1.95. The van der Waals surface area contributed by atoms with E-state index in [0.29, 0.717) is 24.2 Å². The second-order valence-electron chi connectivity index (χ2n) is 6.06. The number of nitrogens with zero attached hydrogens (tertiary/aromatic N) is 2. The van der Waals surface area contributed by atoms with Crippen LogP contribution in [0, 0.1) is 11.6 Å². The SMILES string of the molecule is CCN1CCN(C(=O)C(C)c2cc3cc(F)cc(F)c3[nH]2)CC1. The number of piperazine rings is 1. The van der Waals surface area contributed by atoms with Crippen molar-refractivity contribution in [2.45, 2.75) is 19.8 Å². The molecular weight excluding hydrogens is 300 g/mol. The van der Waals surface area contributed by atoms with Crippen molar-refractivity contribution in [2.24, 2.45) is 0 Å². The molecule has 1 saturated heterocycles. The van der Waals surface area contributed by atoms with Crippen LogP contribution < -0.4 is 0 Å². The maximum absolute atomic E-state index is 13.8. The summed E-state index contributed by atoms with van der Waals surface area (Å²) >= 11 is 0. The number of amides is 1. The normalized spacial score (nSPS) is 17.7. The quantitative estimate of drug-likeness (QED) is 0.944. The first-order valence-electron chi connectivity index (χ1n) is 7.98. The van der Waals surface area contributed by atoms with Gasteiger partial charge in [0.15, 0.2) is 0 Å². The first-order chi connectivity index (χ1) is 11.0. The van der Waals surface area contributed by atoms with Crippen LogP contribution in [0.5, 0.6) is 0 Å². The number of H-pyrrole nitrogens is 1. The number of likely N-dealkylation sites (N-methyl/N-ethyl adjacent to an activating group) is 1. The molecule has 124 valence electrons. The molecule has 4 nitrogen and oxygen atoms in total. The average molecular weight is 321 g/mol. The van der Waals surface area contributed by atoms with Crippen molar-refractivity contribution < 1.29 is 13.6 Å². The Morgan fingerprint density at radius 2 is 1.91 bits per heavy atom. The molecule has 2 aromatic rings. The Morgan fingerprint density at radius 1 is 1.22 bits per heavy atom. The first-order valence-corrected chi connectivity index (χ1v) is 7.98. The minimum atomic E-state index is -0.637. The Morgan fingerprint density at radius 3 is 2.57 bits per heavy atom. The number of aromatic nitrogens is 1. The van der Waals surface area contributed by atoms with Gasteiger partial charge in [-0.25, -0.2) is 8.78 Å². The van der Waals surface area contributed by atoms with Crippen LogP contribution in [0.2, 0.25) is 0 Å². The molecule has 1 aromatic heterocycles. The van der Waals surface area contributed by atoms with E-state index in [-0.39, 0.29) is 11.4 Å². The number of rotatable bonds is 3. The van der Waals surface area contributed by atoms with E-state index in [9.17, 15) is 13.6 Å². The van der Waals surface area contributed by atoms with Crippen molar-refractivity contribution in [1.82, 2.24) is 14.8 Å². The van der Waals surface area contributed by atoms with Gasteiger partial charge in [-0.2, -0.15) is 0 Å². The summed E-state index contributed by atoms with van der Waals surface area (Å²) in [4.78, 5) is 19.7. The zero-order valence-electron chi connectivity index (χ0n) is 13.4. The summed E-state index contributed by atoms with van der Waals surface area (Å²) in [6.07, 6.45) is 0. The number of fused-ring (bicyclic) bond motifs is 1. The molecule has 1 aliphatic heterocycles. The smallest absolute Gasteiger partial charge is 0.231 e. The van der Waals surface area contributed by atoms with Gasteiger partial charge in [-0.05, 0) is 25.6 Å². The second kappa shape index (κ2) is 6.28. The van der Waals surface area contributed by atoms with Crippen molar-refractivity contribution in [3.63, 3.8) is 0 Å². The van der Waals surface area contributed by atoms with E-state index in [1.807, 2.05) is 4.90 Å². The predicted octanol–water partition coefficient (Wildman–Crippen LogP) is 2.71. The van der Waals surface area contributed by atoms with Crippen LogP contribution in [-0.4, -0.2) is 53.4 Å². The van der Waals surface area contributed by atoms with Crippen LogP contribution in [0.1, 0.15) is 25.5 Å². The zero-order valence-corrected chi connectivity index (χ0v) is 13.4. The van der Waals surface area contributed by atoms with Crippen LogP contribution in [0.4, 0.5) is 8.78 Å². The molecule has 0 spiro atoms. The van der Waals surface area contributed by atoms with E-state index in [2.05, 4.69) is 16.8 Å². The molecule has 1 atom stereocenters. The van der Waals surface area contributed by atoms with Crippen LogP contribution in [-0.2, 0) is 4.79 Å². The number of carbonyl (C=O) groups excluding carboxylic acids is 1. The van der Waals surface area contributed by atoms with Gasteiger partial charge >= 0.3 is 0 Å². The van der Waals surface area contributed by atoms with E-state index in [4.69, 9.17) is 0 Å². The summed E-state index contributed by atoms with van der Waals surface area (Å²) in [6.45, 7) is 8.07. The highest BCUT2D eigenvalue weighted by Crippen LogP contribution is 2.26. The number of aromatic amines is 1. The molecule has 1 fully saturated rings. The minimum Gasteiger partial charge on any atom is -0.355 e. The summed E-state index contributed by atoms with van der Waals surface area (Å²) in [5.74, 6) is -1.64. The molecule has 1 N–H and O–H groups in total. The van der Waals surface area contributed by atoms with Gasteiger partial charge in [0.25, 0.3) is 0 Å². The fourth-order valence-corrected chi connectivity index (χ4v) is 3.11. The molecule has 1 unspecified atom stereocenters. The van der Waals surface area contributed by atoms with Gasteiger partial charge in [0, 0.05) is 43.3 Å². The monoisotopic (exact) mass is 321 g/mol. The molecule has 23 heavy (non-hydrogen) atoms. The van der Waals surface area contributed by atoms with Crippen LogP contribution >= 0.6 is 0 Å². The molecular formula is C17H21F2N3O. The number of halogens is 2. The van der Waals surface area contributed by atoms with Gasteiger partial charge in [0.2, 0.25) is 5.91 Å². The lowest BCUT2D eigenvalue weighted by molar-refractivity contribution is -0.134. The lowest BCUT2D eigenvalue weighted by Crippen LogP contribution is -2.49. The highest BCUT2D eigenvalue weighted by atomic mass is 19.1. The topological polar surface area (TPSA) is 39.3 Å². The Bertz CT molecular complexity index is 720.